The Bertz CT molecular complexity index is 596. The summed E-state index contributed by atoms with van der Waals surface area (Å²) in [5.74, 6) is -19.2. The number of alkyl halides is 11. The third-order valence-corrected chi connectivity index (χ3v) is 5.04. The Balaban J connectivity index is 3.70. The van der Waals surface area contributed by atoms with Crippen LogP contribution in [0, 0.1) is 0 Å². The number of hydrogen-bond donors (Lipinski definition) is 0. The molecule has 1 aliphatic rings. The Morgan fingerprint density at radius 1 is 1.14 bits per heavy atom. The van der Waals surface area contributed by atoms with Crippen molar-refractivity contribution in [2.24, 2.45) is 0 Å². The van der Waals surface area contributed by atoms with Gasteiger partial charge in [0.25, 0.3) is 0 Å². The highest BCUT2D eigenvalue weighted by atomic mass is 127. The van der Waals surface area contributed by atoms with E-state index >= 15 is 0 Å². The molecule has 172 valence electrons. The van der Waals surface area contributed by atoms with Gasteiger partial charge >= 0.3 is 36.0 Å². The Kier molecular flexibility index (Phi) is 7.73. The maximum atomic E-state index is 14.6. The summed E-state index contributed by atoms with van der Waals surface area (Å²) >= 11 is 1.23. The molecule has 0 saturated carbocycles. The first kappa shape index (κ1) is 26.4. The normalized spacial score (nSPS) is 30.7. The van der Waals surface area contributed by atoms with Crippen LogP contribution in [0.15, 0.2) is 0 Å². The van der Waals surface area contributed by atoms with Gasteiger partial charge in [-0.25, -0.2) is 0 Å². The predicted octanol–water partition coefficient (Wildman–Crippen LogP) is 4.22. The van der Waals surface area contributed by atoms with Crippen LogP contribution in [-0.4, -0.2) is 66.0 Å². The molecule has 1 saturated heterocycles. The van der Waals surface area contributed by atoms with E-state index in [1.54, 1.807) is 0 Å². The first-order valence-electron chi connectivity index (χ1n) is 7.44. The molecule has 4 atom stereocenters. The van der Waals surface area contributed by atoms with E-state index in [9.17, 15) is 48.7 Å². The van der Waals surface area contributed by atoms with Crippen molar-refractivity contribution in [1.82, 2.24) is 0 Å². The zero-order valence-corrected chi connectivity index (χ0v) is 16.5. The van der Waals surface area contributed by atoms with Gasteiger partial charge in [0, 0.05) is 7.11 Å². The van der Waals surface area contributed by atoms with Crippen molar-refractivity contribution in [3.05, 3.63) is 0 Å². The van der Waals surface area contributed by atoms with Gasteiger partial charge in [0.15, 0.2) is 0 Å². The molecule has 0 N–H and O–H groups in total. The number of ether oxygens (including phenoxy) is 4. The molecule has 29 heavy (non-hydrogen) atoms. The lowest BCUT2D eigenvalue weighted by Gasteiger charge is -2.51. The van der Waals surface area contributed by atoms with E-state index in [1.807, 2.05) is 0 Å². The Morgan fingerprint density at radius 3 is 2.03 bits per heavy atom. The Hall–Kier alpha value is -0.620. The van der Waals surface area contributed by atoms with Crippen molar-refractivity contribution in [3.8, 4) is 0 Å². The maximum Gasteiger partial charge on any atom is 0.450 e. The third kappa shape index (κ3) is 4.68. The average molecular weight is 566 g/mol. The Morgan fingerprint density at radius 2 is 1.66 bits per heavy atom. The summed E-state index contributed by atoms with van der Waals surface area (Å²) in [6.07, 6.45) is -22.2. The number of rotatable bonds is 6. The molecule has 0 amide bonds. The minimum absolute atomic E-state index is 0.201. The highest BCUT2D eigenvalue weighted by Gasteiger charge is 2.87. The molecular weight excluding hydrogens is 553 g/mol. The van der Waals surface area contributed by atoms with Crippen molar-refractivity contribution in [2.45, 2.75) is 59.5 Å². The van der Waals surface area contributed by atoms with Crippen LogP contribution in [0.1, 0.15) is 13.3 Å². The molecule has 4 unspecified atom stereocenters. The molecule has 16 heteroatoms. The summed E-state index contributed by atoms with van der Waals surface area (Å²) in [5.41, 5.74) is 0. The van der Waals surface area contributed by atoms with Crippen molar-refractivity contribution in [2.75, 3.05) is 13.9 Å². The fourth-order valence-electron chi connectivity index (χ4n) is 2.28. The first-order chi connectivity index (χ1) is 12.9. The van der Waals surface area contributed by atoms with Gasteiger partial charge in [-0.15, -0.1) is 0 Å². The van der Waals surface area contributed by atoms with Gasteiger partial charge in [-0.2, -0.15) is 43.9 Å². The molecule has 0 aliphatic carbocycles. The second-order valence-electron chi connectivity index (χ2n) is 5.69. The molecule has 1 rings (SSSR count). The average Bonchev–Trinajstić information content (AvgIpc) is 2.54. The van der Waals surface area contributed by atoms with Gasteiger partial charge in [0.1, 0.15) is 10.7 Å². The topological polar surface area (TPSA) is 54.0 Å². The van der Waals surface area contributed by atoms with Crippen molar-refractivity contribution in [1.29, 1.82) is 0 Å². The zero-order valence-electron chi connectivity index (χ0n) is 14.3. The van der Waals surface area contributed by atoms with Crippen molar-refractivity contribution >= 4 is 28.6 Å². The molecule has 0 spiro atoms. The molecule has 5 nitrogen and oxygen atoms in total. The van der Waals surface area contributed by atoms with Crippen LogP contribution in [-0.2, 0) is 23.7 Å². The van der Waals surface area contributed by atoms with Crippen molar-refractivity contribution in [3.63, 3.8) is 0 Å². The quantitative estimate of drug-likeness (QED) is 0.159. The summed E-state index contributed by atoms with van der Waals surface area (Å²) < 4.78 is 150. The van der Waals surface area contributed by atoms with Crippen LogP contribution in [0.3, 0.4) is 0 Å². The van der Waals surface area contributed by atoms with Crippen molar-refractivity contribution < 1.29 is 67.6 Å². The third-order valence-electron chi connectivity index (χ3n) is 3.65. The largest absolute Gasteiger partial charge is 0.450 e. The lowest BCUT2D eigenvalue weighted by molar-refractivity contribution is -0.526. The Labute approximate surface area is 170 Å². The SMILES string of the molecule is CCC(I)C(=O)OC1C(F)(F)C(C(F)(F)F)OC(OCOC)(C(F)(F)F)C1(F)F. The number of hydrogen-bond acceptors (Lipinski definition) is 5. The first-order valence-corrected chi connectivity index (χ1v) is 8.69. The van der Waals surface area contributed by atoms with E-state index in [0.29, 0.717) is 7.11 Å². The van der Waals surface area contributed by atoms with Gasteiger partial charge < -0.3 is 18.9 Å². The molecule has 0 aromatic heterocycles. The lowest BCUT2D eigenvalue weighted by atomic mass is 9.89. The molecule has 0 aromatic carbocycles. The number of carbonyl (C=O) groups is 1. The summed E-state index contributed by atoms with van der Waals surface area (Å²) in [7, 11) is 0.625. The summed E-state index contributed by atoms with van der Waals surface area (Å²) in [6, 6.07) is 0. The highest BCUT2D eigenvalue weighted by Crippen LogP contribution is 2.58. The van der Waals surface area contributed by atoms with Gasteiger partial charge in [0.05, 0.1) is 0 Å². The standard InChI is InChI=1S/C13H13F10IO5/c1-3-5(24)6(25)28-7-9(14,15)8(11(18,19)20)29-12(10(7,16)17,13(21,22)23)27-4-26-2/h5,7-8H,3-4H2,1-2H3. The molecule has 1 fully saturated rings. The number of methoxy groups -OCH3 is 1. The van der Waals surface area contributed by atoms with Crippen LogP contribution >= 0.6 is 22.6 Å². The van der Waals surface area contributed by atoms with Gasteiger partial charge in [-0.3, -0.25) is 4.79 Å². The smallest absolute Gasteiger partial charge is 0.448 e. The van der Waals surface area contributed by atoms with E-state index < -0.39 is 58.9 Å². The van der Waals surface area contributed by atoms with E-state index in [2.05, 4.69) is 18.9 Å². The fourth-order valence-corrected chi connectivity index (χ4v) is 2.43. The van der Waals surface area contributed by atoms with Crippen LogP contribution < -0.4 is 0 Å². The van der Waals surface area contributed by atoms with Crippen LogP contribution in [0.4, 0.5) is 43.9 Å². The maximum absolute atomic E-state index is 14.6. The van der Waals surface area contributed by atoms with E-state index in [1.165, 1.54) is 29.5 Å². The number of carbonyl (C=O) groups excluding carboxylic acids is 1. The molecule has 0 aromatic rings. The molecule has 1 aliphatic heterocycles. The summed E-state index contributed by atoms with van der Waals surface area (Å²) in [4.78, 5) is 11.7. The second-order valence-corrected chi connectivity index (χ2v) is 7.20. The van der Waals surface area contributed by atoms with E-state index in [4.69, 9.17) is 0 Å². The van der Waals surface area contributed by atoms with Gasteiger partial charge in [-0.1, -0.05) is 29.5 Å². The fraction of sp³-hybridized carbons (Fsp3) is 0.923. The van der Waals surface area contributed by atoms with Gasteiger partial charge in [0.2, 0.25) is 12.2 Å². The second kappa shape index (κ2) is 8.49. The van der Waals surface area contributed by atoms with Gasteiger partial charge in [-0.05, 0) is 6.42 Å². The number of halogens is 11. The van der Waals surface area contributed by atoms with E-state index in [-0.39, 0.29) is 6.42 Å². The summed E-state index contributed by atoms with van der Waals surface area (Å²) in [5, 5.41) is 0. The highest BCUT2D eigenvalue weighted by molar-refractivity contribution is 14.1. The van der Waals surface area contributed by atoms with Crippen LogP contribution in [0.2, 0.25) is 0 Å². The molecule has 0 radical (unpaired) electrons. The molecular formula is C13H13F10IO5. The minimum Gasteiger partial charge on any atom is -0.448 e. The monoisotopic (exact) mass is 566 g/mol. The lowest BCUT2D eigenvalue weighted by Crippen LogP contribution is -2.79. The van der Waals surface area contributed by atoms with Crippen LogP contribution in [0.25, 0.3) is 0 Å². The zero-order chi connectivity index (χ0) is 23.1. The summed E-state index contributed by atoms with van der Waals surface area (Å²) in [6.45, 7) is -0.450. The predicted molar refractivity (Wildman–Crippen MR) is 80.5 cm³/mol. The number of esters is 1. The molecule has 0 bridgehead atoms. The van der Waals surface area contributed by atoms with E-state index in [0.717, 1.165) is 0 Å². The molecule has 1 heterocycles. The van der Waals surface area contributed by atoms with Crippen LogP contribution in [0.5, 0.6) is 0 Å². The minimum atomic E-state index is -6.48.